The van der Waals surface area contributed by atoms with E-state index in [9.17, 15) is 4.79 Å². The highest BCUT2D eigenvalue weighted by Crippen LogP contribution is 2.24. The number of amides is 1. The van der Waals surface area contributed by atoms with Crippen molar-refractivity contribution in [1.29, 1.82) is 0 Å². The number of nitrogens with two attached hydrogens (primary N) is 1. The first-order valence-corrected chi connectivity index (χ1v) is 9.83. The molecular weight excluding hydrogens is 372 g/mol. The van der Waals surface area contributed by atoms with Gasteiger partial charge in [0, 0.05) is 18.0 Å². The maximum absolute atomic E-state index is 12.7. The summed E-state index contributed by atoms with van der Waals surface area (Å²) in [6.07, 6.45) is 0. The lowest BCUT2D eigenvalue weighted by molar-refractivity contribution is 0.101. The van der Waals surface area contributed by atoms with E-state index < -0.39 is 5.91 Å². The third kappa shape index (κ3) is 3.64. The van der Waals surface area contributed by atoms with Crippen molar-refractivity contribution in [2.45, 2.75) is 26.4 Å². The van der Waals surface area contributed by atoms with E-state index in [1.165, 1.54) is 11.3 Å². The van der Waals surface area contributed by atoms with Crippen LogP contribution in [-0.2, 0) is 6.54 Å². The summed E-state index contributed by atoms with van der Waals surface area (Å²) in [5, 5.41) is 10.1. The van der Waals surface area contributed by atoms with E-state index in [4.69, 9.17) is 5.73 Å². The Morgan fingerprint density at radius 2 is 2.00 bits per heavy atom. The van der Waals surface area contributed by atoms with Gasteiger partial charge in [-0.05, 0) is 22.9 Å². The van der Waals surface area contributed by atoms with Gasteiger partial charge in [0.05, 0.1) is 15.9 Å². The van der Waals surface area contributed by atoms with Crippen LogP contribution < -0.4 is 16.4 Å². The Hall–Kier alpha value is -3.10. The predicted molar refractivity (Wildman–Crippen MR) is 113 cm³/mol. The van der Waals surface area contributed by atoms with E-state index in [0.29, 0.717) is 29.7 Å². The molecule has 3 aromatic heterocycles. The van der Waals surface area contributed by atoms with Gasteiger partial charge in [-0.1, -0.05) is 38.1 Å². The number of benzene rings is 1. The van der Waals surface area contributed by atoms with Gasteiger partial charge in [-0.2, -0.15) is 0 Å². The summed E-state index contributed by atoms with van der Waals surface area (Å²) in [5.41, 5.74) is 7.49. The van der Waals surface area contributed by atoms with E-state index in [2.05, 4.69) is 39.4 Å². The Morgan fingerprint density at radius 1 is 1.18 bits per heavy atom. The summed E-state index contributed by atoms with van der Waals surface area (Å²) in [7, 11) is 0. The molecule has 3 heterocycles. The summed E-state index contributed by atoms with van der Waals surface area (Å²) in [4.78, 5) is 25.8. The molecule has 1 aromatic carbocycles. The summed E-state index contributed by atoms with van der Waals surface area (Å²) < 4.78 is 0.780. The lowest BCUT2D eigenvalue weighted by atomic mass is 10.1. The topological polar surface area (TPSA) is 106 Å². The molecule has 0 atom stereocenters. The number of thiophene rings is 1. The number of aromatic nitrogens is 3. The molecule has 0 aliphatic heterocycles. The Bertz CT molecular complexity index is 1170. The summed E-state index contributed by atoms with van der Waals surface area (Å²) >= 11 is 1.45. The second-order valence-corrected chi connectivity index (χ2v) is 7.65. The number of fused-ring (bicyclic) bond motifs is 2. The molecule has 7 nitrogen and oxygen atoms in total. The average Bonchev–Trinajstić information content (AvgIpc) is 3.15. The monoisotopic (exact) mass is 392 g/mol. The fourth-order valence-corrected chi connectivity index (χ4v) is 3.66. The standard InChI is InChI=1S/C20H20N6OS/c1-11(2)22-10-15-13-6-4-3-5-12(13)9-16(23-15)25-20(27)19-24-14-7-8-28-17(14)18(21)26-19/h3-9,11,22H,10H2,1-2H3,(H2,21,24,26)(H,23,25,27). The number of carbonyl (C=O) groups excluding carboxylic acids is 1. The first kappa shape index (κ1) is 18.3. The molecule has 0 aliphatic rings. The minimum absolute atomic E-state index is 0.0280. The van der Waals surface area contributed by atoms with Crippen LogP contribution in [0.5, 0.6) is 0 Å². The first-order valence-electron chi connectivity index (χ1n) is 8.95. The summed E-state index contributed by atoms with van der Waals surface area (Å²) in [6, 6.07) is 12.0. The highest BCUT2D eigenvalue weighted by Gasteiger charge is 2.15. The van der Waals surface area contributed by atoms with Crippen LogP contribution >= 0.6 is 11.3 Å². The second-order valence-electron chi connectivity index (χ2n) is 6.73. The van der Waals surface area contributed by atoms with Crippen molar-refractivity contribution < 1.29 is 4.79 Å². The average molecular weight is 392 g/mol. The number of anilines is 2. The third-order valence-corrected chi connectivity index (χ3v) is 5.20. The number of hydrogen-bond acceptors (Lipinski definition) is 7. The number of hydrogen-bond donors (Lipinski definition) is 3. The molecule has 8 heteroatoms. The normalized spacial score (nSPS) is 11.4. The number of carbonyl (C=O) groups is 1. The van der Waals surface area contributed by atoms with Gasteiger partial charge in [-0.15, -0.1) is 11.3 Å². The number of rotatable bonds is 5. The molecule has 0 spiro atoms. The number of nitrogens with zero attached hydrogens (tertiary/aromatic N) is 3. The molecule has 0 radical (unpaired) electrons. The van der Waals surface area contributed by atoms with Crippen LogP contribution in [0.3, 0.4) is 0 Å². The van der Waals surface area contributed by atoms with Crippen molar-refractivity contribution >= 4 is 49.9 Å². The zero-order valence-corrected chi connectivity index (χ0v) is 16.4. The molecular formula is C20H20N6OS. The fourth-order valence-electron chi connectivity index (χ4n) is 2.93. The van der Waals surface area contributed by atoms with Crippen molar-refractivity contribution in [3.63, 3.8) is 0 Å². The lowest BCUT2D eigenvalue weighted by Crippen LogP contribution is -2.23. The largest absolute Gasteiger partial charge is 0.382 e. The van der Waals surface area contributed by atoms with Gasteiger partial charge in [0.1, 0.15) is 11.6 Å². The molecule has 1 amide bonds. The molecule has 4 N–H and O–H groups in total. The van der Waals surface area contributed by atoms with Crippen LogP contribution in [0.2, 0.25) is 0 Å². The fraction of sp³-hybridized carbons (Fsp3) is 0.200. The molecule has 142 valence electrons. The van der Waals surface area contributed by atoms with Gasteiger partial charge in [-0.25, -0.2) is 15.0 Å². The van der Waals surface area contributed by atoms with Gasteiger partial charge in [0.25, 0.3) is 5.91 Å². The molecule has 28 heavy (non-hydrogen) atoms. The maximum atomic E-state index is 12.7. The predicted octanol–water partition coefficient (Wildman–Crippen LogP) is 3.57. The van der Waals surface area contributed by atoms with E-state index in [0.717, 1.165) is 21.2 Å². The first-order chi connectivity index (χ1) is 13.5. The lowest BCUT2D eigenvalue weighted by Gasteiger charge is -2.12. The van der Waals surface area contributed by atoms with Gasteiger partial charge in [-0.3, -0.25) is 4.79 Å². The highest BCUT2D eigenvalue weighted by atomic mass is 32.1. The van der Waals surface area contributed by atoms with Gasteiger partial charge in [0.15, 0.2) is 0 Å². The Morgan fingerprint density at radius 3 is 2.82 bits per heavy atom. The highest BCUT2D eigenvalue weighted by molar-refractivity contribution is 7.17. The van der Waals surface area contributed by atoms with Crippen LogP contribution in [0.4, 0.5) is 11.6 Å². The van der Waals surface area contributed by atoms with Crippen LogP contribution in [-0.4, -0.2) is 26.9 Å². The molecule has 0 fully saturated rings. The van der Waals surface area contributed by atoms with Crippen LogP contribution in [0.15, 0.2) is 41.8 Å². The van der Waals surface area contributed by atoms with Gasteiger partial charge < -0.3 is 16.4 Å². The molecule has 0 saturated carbocycles. The van der Waals surface area contributed by atoms with E-state index >= 15 is 0 Å². The van der Waals surface area contributed by atoms with Crippen molar-refractivity contribution in [3.8, 4) is 0 Å². The summed E-state index contributed by atoms with van der Waals surface area (Å²) in [5.74, 6) is 0.348. The molecule has 0 unspecified atom stereocenters. The summed E-state index contributed by atoms with van der Waals surface area (Å²) in [6.45, 7) is 4.76. The van der Waals surface area contributed by atoms with Crippen molar-refractivity contribution in [1.82, 2.24) is 20.3 Å². The SMILES string of the molecule is CC(C)NCc1nc(NC(=O)c2nc(N)c3sccc3n2)cc2ccccc12. The smallest absolute Gasteiger partial charge is 0.294 e. The van der Waals surface area contributed by atoms with Crippen LogP contribution in [0.25, 0.3) is 21.0 Å². The van der Waals surface area contributed by atoms with Crippen molar-refractivity contribution in [3.05, 3.63) is 53.3 Å². The molecule has 0 saturated heterocycles. The van der Waals surface area contributed by atoms with Crippen LogP contribution in [0, 0.1) is 0 Å². The van der Waals surface area contributed by atoms with Crippen LogP contribution in [0.1, 0.15) is 30.2 Å². The zero-order chi connectivity index (χ0) is 19.7. The Labute approximate surface area is 166 Å². The van der Waals surface area contributed by atoms with E-state index in [-0.39, 0.29) is 5.82 Å². The minimum atomic E-state index is -0.439. The zero-order valence-electron chi connectivity index (χ0n) is 15.6. The van der Waals surface area contributed by atoms with Gasteiger partial charge in [0.2, 0.25) is 5.82 Å². The molecule has 0 bridgehead atoms. The maximum Gasteiger partial charge on any atom is 0.294 e. The Balaban J connectivity index is 1.67. The quantitative estimate of drug-likeness (QED) is 0.479. The molecule has 4 rings (SSSR count). The van der Waals surface area contributed by atoms with Gasteiger partial charge >= 0.3 is 0 Å². The number of pyridine rings is 1. The molecule has 0 aliphatic carbocycles. The van der Waals surface area contributed by atoms with E-state index in [1.807, 2.05) is 41.8 Å². The van der Waals surface area contributed by atoms with E-state index in [1.54, 1.807) is 0 Å². The number of nitrogen functional groups attached to an aromatic ring is 1. The minimum Gasteiger partial charge on any atom is -0.382 e. The van der Waals surface area contributed by atoms with Crippen molar-refractivity contribution in [2.24, 2.45) is 0 Å². The third-order valence-electron chi connectivity index (χ3n) is 4.27. The Kier molecular flexibility index (Phi) is 4.89. The number of nitrogens with one attached hydrogen (secondary N) is 2. The van der Waals surface area contributed by atoms with Crippen molar-refractivity contribution in [2.75, 3.05) is 11.1 Å². The second kappa shape index (κ2) is 7.49. The molecule has 4 aromatic rings.